The predicted molar refractivity (Wildman–Crippen MR) is 104 cm³/mol. The highest BCUT2D eigenvalue weighted by molar-refractivity contribution is 5.95. The molecule has 0 N–H and O–H groups in total. The van der Waals surface area contributed by atoms with Crippen molar-refractivity contribution in [3.05, 3.63) is 95.1 Å². The highest BCUT2D eigenvalue weighted by atomic mass is 16.5. The fraction of sp³-hybridized carbons (Fsp3) is 0.0870. The Kier molecular flexibility index (Phi) is 5.65. The van der Waals surface area contributed by atoms with Gasteiger partial charge in [0, 0.05) is 5.56 Å². The molecule has 0 aliphatic rings. The molecule has 0 fully saturated rings. The topological polar surface area (TPSA) is 69.7 Å². The van der Waals surface area contributed by atoms with Crippen molar-refractivity contribution in [2.45, 2.75) is 13.8 Å². The van der Waals surface area contributed by atoms with E-state index in [1.54, 1.807) is 36.4 Å². The molecule has 0 atom stereocenters. The van der Waals surface area contributed by atoms with Crippen molar-refractivity contribution in [2.24, 2.45) is 0 Å². The standard InChI is InChI=1S/C23H18O5/c1-15-3-5-18(6-4-15)22(25)28-21-13-9-19(10-14-21)23(26)27-20-11-7-17(8-12-20)16(2)24/h3-14H,1-2H3. The Morgan fingerprint density at radius 1 is 0.571 bits per heavy atom. The second-order valence-corrected chi connectivity index (χ2v) is 6.25. The molecule has 0 spiro atoms. The smallest absolute Gasteiger partial charge is 0.343 e. The van der Waals surface area contributed by atoms with Crippen LogP contribution in [-0.4, -0.2) is 17.7 Å². The molecule has 28 heavy (non-hydrogen) atoms. The third-order valence-electron chi connectivity index (χ3n) is 4.06. The summed E-state index contributed by atoms with van der Waals surface area (Å²) >= 11 is 0. The van der Waals surface area contributed by atoms with Gasteiger partial charge >= 0.3 is 11.9 Å². The van der Waals surface area contributed by atoms with Gasteiger partial charge in [0.05, 0.1) is 11.1 Å². The van der Waals surface area contributed by atoms with Gasteiger partial charge in [-0.3, -0.25) is 4.79 Å². The minimum Gasteiger partial charge on any atom is -0.423 e. The van der Waals surface area contributed by atoms with E-state index in [9.17, 15) is 14.4 Å². The lowest BCUT2D eigenvalue weighted by Crippen LogP contribution is -2.10. The van der Waals surface area contributed by atoms with Gasteiger partial charge in [-0.15, -0.1) is 0 Å². The van der Waals surface area contributed by atoms with Gasteiger partial charge < -0.3 is 9.47 Å². The molecule has 0 saturated heterocycles. The molecule has 0 unspecified atom stereocenters. The minimum absolute atomic E-state index is 0.0614. The summed E-state index contributed by atoms with van der Waals surface area (Å²) in [4.78, 5) is 35.6. The number of aryl methyl sites for hydroxylation is 1. The summed E-state index contributed by atoms with van der Waals surface area (Å²) in [7, 11) is 0. The SMILES string of the molecule is CC(=O)c1ccc(OC(=O)c2ccc(OC(=O)c3ccc(C)cc3)cc2)cc1. The van der Waals surface area contributed by atoms with Crippen molar-refractivity contribution in [3.63, 3.8) is 0 Å². The lowest BCUT2D eigenvalue weighted by Gasteiger charge is -2.07. The lowest BCUT2D eigenvalue weighted by atomic mass is 10.1. The number of rotatable bonds is 5. The van der Waals surface area contributed by atoms with Crippen molar-refractivity contribution < 1.29 is 23.9 Å². The van der Waals surface area contributed by atoms with E-state index in [0.717, 1.165) is 5.56 Å². The molecule has 3 aromatic carbocycles. The number of hydrogen-bond acceptors (Lipinski definition) is 5. The molecule has 0 amide bonds. The summed E-state index contributed by atoms with van der Waals surface area (Å²) in [5, 5.41) is 0. The molecule has 0 radical (unpaired) electrons. The zero-order chi connectivity index (χ0) is 20.1. The Balaban J connectivity index is 1.63. The number of carbonyl (C=O) groups excluding carboxylic acids is 3. The molecular weight excluding hydrogens is 356 g/mol. The zero-order valence-corrected chi connectivity index (χ0v) is 15.5. The van der Waals surface area contributed by atoms with E-state index in [4.69, 9.17) is 9.47 Å². The second-order valence-electron chi connectivity index (χ2n) is 6.25. The highest BCUT2D eigenvalue weighted by Crippen LogP contribution is 2.18. The first-order valence-electron chi connectivity index (χ1n) is 8.64. The number of benzene rings is 3. The van der Waals surface area contributed by atoms with Crippen molar-refractivity contribution in [1.29, 1.82) is 0 Å². The summed E-state index contributed by atoms with van der Waals surface area (Å²) < 4.78 is 10.6. The molecule has 0 aromatic heterocycles. The maximum absolute atomic E-state index is 12.2. The van der Waals surface area contributed by atoms with E-state index in [-0.39, 0.29) is 5.78 Å². The molecule has 0 bridgehead atoms. The Labute approximate surface area is 162 Å². The molecule has 140 valence electrons. The van der Waals surface area contributed by atoms with Crippen LogP contribution in [0.5, 0.6) is 11.5 Å². The number of esters is 2. The number of ketones is 1. The largest absolute Gasteiger partial charge is 0.423 e. The Morgan fingerprint density at radius 3 is 1.32 bits per heavy atom. The minimum atomic E-state index is -0.549. The van der Waals surface area contributed by atoms with Crippen LogP contribution in [0.15, 0.2) is 72.8 Å². The molecule has 0 aliphatic heterocycles. The molecule has 0 aliphatic carbocycles. The summed E-state index contributed by atoms with van der Waals surface area (Å²) in [6, 6.07) is 19.5. The molecule has 3 rings (SSSR count). The van der Waals surface area contributed by atoms with Crippen LogP contribution in [0.1, 0.15) is 43.6 Å². The first kappa shape index (κ1) is 19.0. The Hall–Kier alpha value is -3.73. The number of ether oxygens (including phenoxy) is 2. The maximum atomic E-state index is 12.2. The van der Waals surface area contributed by atoms with E-state index in [0.29, 0.717) is 28.2 Å². The normalized spacial score (nSPS) is 10.2. The van der Waals surface area contributed by atoms with Crippen LogP contribution < -0.4 is 9.47 Å². The average Bonchev–Trinajstić information content (AvgIpc) is 2.69. The van der Waals surface area contributed by atoms with Crippen molar-refractivity contribution in [3.8, 4) is 11.5 Å². The van der Waals surface area contributed by atoms with Gasteiger partial charge in [0.1, 0.15) is 11.5 Å². The fourth-order valence-corrected chi connectivity index (χ4v) is 2.44. The number of hydrogen-bond donors (Lipinski definition) is 0. The van der Waals surface area contributed by atoms with Crippen LogP contribution in [0, 0.1) is 6.92 Å². The van der Waals surface area contributed by atoms with Crippen LogP contribution in [0.3, 0.4) is 0 Å². The van der Waals surface area contributed by atoms with E-state index in [1.165, 1.54) is 31.2 Å². The van der Waals surface area contributed by atoms with Gasteiger partial charge in [0.15, 0.2) is 5.78 Å². The monoisotopic (exact) mass is 374 g/mol. The van der Waals surface area contributed by atoms with Gasteiger partial charge in [0.2, 0.25) is 0 Å². The summed E-state index contributed by atoms with van der Waals surface area (Å²) in [5.41, 5.74) is 2.35. The predicted octanol–water partition coefficient (Wildman–Crippen LogP) is 4.64. The highest BCUT2D eigenvalue weighted by Gasteiger charge is 2.12. The Bertz CT molecular complexity index is 1000. The molecular formula is C23H18O5. The van der Waals surface area contributed by atoms with Gasteiger partial charge in [0.25, 0.3) is 0 Å². The maximum Gasteiger partial charge on any atom is 0.343 e. The van der Waals surface area contributed by atoms with E-state index in [1.807, 2.05) is 19.1 Å². The first-order chi connectivity index (χ1) is 13.4. The van der Waals surface area contributed by atoms with E-state index < -0.39 is 11.9 Å². The van der Waals surface area contributed by atoms with Gasteiger partial charge in [-0.25, -0.2) is 9.59 Å². The van der Waals surface area contributed by atoms with Crippen molar-refractivity contribution in [2.75, 3.05) is 0 Å². The van der Waals surface area contributed by atoms with Crippen LogP contribution in [0.4, 0.5) is 0 Å². The van der Waals surface area contributed by atoms with Crippen molar-refractivity contribution >= 4 is 17.7 Å². The average molecular weight is 374 g/mol. The summed E-state index contributed by atoms with van der Waals surface area (Å²) in [5.74, 6) is -0.417. The van der Waals surface area contributed by atoms with Crippen LogP contribution in [0.25, 0.3) is 0 Å². The number of carbonyl (C=O) groups is 3. The molecule has 3 aromatic rings. The van der Waals surface area contributed by atoms with Gasteiger partial charge in [-0.2, -0.15) is 0 Å². The fourth-order valence-electron chi connectivity index (χ4n) is 2.44. The molecule has 5 nitrogen and oxygen atoms in total. The van der Waals surface area contributed by atoms with E-state index in [2.05, 4.69) is 0 Å². The van der Waals surface area contributed by atoms with Gasteiger partial charge in [-0.1, -0.05) is 17.7 Å². The number of Topliss-reactive ketones (excluding diaryl/α,β-unsaturated/α-hetero) is 1. The van der Waals surface area contributed by atoms with Crippen LogP contribution >= 0.6 is 0 Å². The summed E-state index contributed by atoms with van der Waals surface area (Å²) in [6.07, 6.45) is 0. The zero-order valence-electron chi connectivity index (χ0n) is 15.5. The molecule has 0 heterocycles. The Morgan fingerprint density at radius 2 is 0.929 bits per heavy atom. The first-order valence-corrected chi connectivity index (χ1v) is 8.64. The second kappa shape index (κ2) is 8.31. The third kappa shape index (κ3) is 4.71. The van der Waals surface area contributed by atoms with Crippen molar-refractivity contribution in [1.82, 2.24) is 0 Å². The quantitative estimate of drug-likeness (QED) is 0.370. The lowest BCUT2D eigenvalue weighted by molar-refractivity contribution is 0.0730. The third-order valence-corrected chi connectivity index (χ3v) is 4.06. The summed E-state index contributed by atoms with van der Waals surface area (Å²) in [6.45, 7) is 3.40. The molecule has 0 saturated carbocycles. The molecule has 5 heteroatoms. The van der Waals surface area contributed by atoms with Crippen LogP contribution in [-0.2, 0) is 0 Å². The van der Waals surface area contributed by atoms with E-state index >= 15 is 0 Å². The van der Waals surface area contributed by atoms with Gasteiger partial charge in [-0.05, 0) is 74.5 Å². The van der Waals surface area contributed by atoms with Crippen LogP contribution in [0.2, 0.25) is 0 Å².